The van der Waals surface area contributed by atoms with Crippen molar-refractivity contribution in [2.24, 2.45) is 11.8 Å². The van der Waals surface area contributed by atoms with E-state index in [1.165, 1.54) is 180 Å². The molecule has 17 nitrogen and oxygen atoms in total. The molecule has 0 amide bonds. The smallest absolute Gasteiger partial charge is 0.462 e. The molecule has 5 atom stereocenters. The quantitative estimate of drug-likeness (QED) is 0.0222. The lowest BCUT2D eigenvalue weighted by atomic mass is 10.0. The molecule has 0 spiro atoms. The first-order chi connectivity index (χ1) is 43.9. The van der Waals surface area contributed by atoms with Gasteiger partial charge in [0.2, 0.25) is 0 Å². The minimum Gasteiger partial charge on any atom is -0.462 e. The van der Waals surface area contributed by atoms with Crippen molar-refractivity contribution in [2.75, 3.05) is 39.6 Å². The molecule has 0 aromatic carbocycles. The van der Waals surface area contributed by atoms with Crippen LogP contribution < -0.4 is 0 Å². The number of carbonyl (C=O) groups excluding carboxylic acids is 4. The molecule has 0 aliphatic rings. The maximum absolute atomic E-state index is 13.0. The third kappa shape index (κ3) is 66.5. The van der Waals surface area contributed by atoms with Crippen LogP contribution in [-0.2, 0) is 65.4 Å². The summed E-state index contributed by atoms with van der Waals surface area (Å²) in [5.74, 6) is -0.708. The molecule has 0 heterocycles. The summed E-state index contributed by atoms with van der Waals surface area (Å²) in [6.07, 6.45) is 50.4. The average molecular weight is 1340 g/mol. The second kappa shape index (κ2) is 64.1. The van der Waals surface area contributed by atoms with Crippen LogP contribution in [0.5, 0.6) is 0 Å². The topological polar surface area (TPSA) is 237 Å². The van der Waals surface area contributed by atoms with Gasteiger partial charge in [0.25, 0.3) is 0 Å². The van der Waals surface area contributed by atoms with Crippen molar-refractivity contribution in [3.8, 4) is 0 Å². The number of phosphoric acid groups is 2. The Bertz CT molecular complexity index is 1770. The van der Waals surface area contributed by atoms with Crippen molar-refractivity contribution in [1.82, 2.24) is 0 Å². The zero-order valence-corrected chi connectivity index (χ0v) is 60.9. The molecule has 0 aliphatic carbocycles. The number of unbranched alkanes of at least 4 members (excludes halogenated alkanes) is 41. The van der Waals surface area contributed by atoms with E-state index in [4.69, 9.17) is 37.0 Å². The van der Waals surface area contributed by atoms with E-state index in [1.54, 1.807) is 0 Å². The minimum atomic E-state index is -4.95. The molecule has 0 saturated carbocycles. The Hall–Kier alpha value is -1.94. The molecule has 0 bridgehead atoms. The summed E-state index contributed by atoms with van der Waals surface area (Å²) in [6, 6.07) is 0. The summed E-state index contributed by atoms with van der Waals surface area (Å²) in [5, 5.41) is 10.6. The molecule has 0 aromatic heterocycles. The third-order valence-electron chi connectivity index (χ3n) is 16.7. The predicted octanol–water partition coefficient (Wildman–Crippen LogP) is 20.8. The Morgan fingerprint density at radius 2 is 0.505 bits per heavy atom. The van der Waals surface area contributed by atoms with Crippen LogP contribution in [0.4, 0.5) is 0 Å². The van der Waals surface area contributed by atoms with Crippen LogP contribution in [0.25, 0.3) is 0 Å². The van der Waals surface area contributed by atoms with E-state index in [0.717, 1.165) is 102 Å². The van der Waals surface area contributed by atoms with Gasteiger partial charge in [-0.3, -0.25) is 37.3 Å². The first kappa shape index (κ1) is 89.1. The first-order valence-corrected chi connectivity index (χ1v) is 40.5. The van der Waals surface area contributed by atoms with Crippen molar-refractivity contribution >= 4 is 39.5 Å². The van der Waals surface area contributed by atoms with Crippen LogP contribution in [0.2, 0.25) is 0 Å². The minimum absolute atomic E-state index is 0.103. The maximum Gasteiger partial charge on any atom is 0.472 e. The van der Waals surface area contributed by atoms with Crippen LogP contribution in [0.3, 0.4) is 0 Å². The molecule has 19 heteroatoms. The number of esters is 4. The Balaban J connectivity index is 5.12. The number of carbonyl (C=O) groups is 4. The Kier molecular flexibility index (Phi) is 62.7. The summed E-state index contributed by atoms with van der Waals surface area (Å²) in [6.45, 7) is 9.43. The molecule has 540 valence electrons. The van der Waals surface area contributed by atoms with E-state index in [1.807, 2.05) is 0 Å². The number of aliphatic hydroxyl groups is 1. The van der Waals surface area contributed by atoms with Gasteiger partial charge in [-0.15, -0.1) is 0 Å². The molecule has 3 N–H and O–H groups in total. The Morgan fingerprint density at radius 1 is 0.297 bits per heavy atom. The van der Waals surface area contributed by atoms with Gasteiger partial charge < -0.3 is 33.8 Å². The number of ether oxygens (including phenoxy) is 4. The van der Waals surface area contributed by atoms with Gasteiger partial charge in [0.05, 0.1) is 26.4 Å². The Labute approximate surface area is 556 Å². The summed E-state index contributed by atoms with van der Waals surface area (Å²) >= 11 is 0. The molecular weight excluding hydrogens is 1200 g/mol. The molecule has 0 aliphatic heterocycles. The van der Waals surface area contributed by atoms with Gasteiger partial charge in [-0.2, -0.15) is 0 Å². The summed E-state index contributed by atoms with van der Waals surface area (Å²) in [4.78, 5) is 72.4. The van der Waals surface area contributed by atoms with Gasteiger partial charge in [-0.1, -0.05) is 318 Å². The number of hydrogen-bond acceptors (Lipinski definition) is 15. The molecule has 0 aromatic rings. The lowest BCUT2D eigenvalue weighted by molar-refractivity contribution is -0.161. The SMILES string of the molecule is CCCCCCCCCCCCCCCCCCCCCCCCC(=O)O[C@H](COC(=O)CCCCCCCCCCC(C)C)COP(=O)(O)OC[C@@H](O)COP(=O)(O)OC[C@@H](COC(=O)CCCCCCCCCC)OC(=O)CCCCCCCCCC(C)C. The second-order valence-corrected chi connectivity index (χ2v) is 29.8. The zero-order valence-electron chi connectivity index (χ0n) is 59.1. The highest BCUT2D eigenvalue weighted by Crippen LogP contribution is 2.45. The van der Waals surface area contributed by atoms with Crippen molar-refractivity contribution < 1.29 is 80.2 Å². The van der Waals surface area contributed by atoms with Gasteiger partial charge in [-0.25, -0.2) is 9.13 Å². The van der Waals surface area contributed by atoms with Crippen LogP contribution >= 0.6 is 15.6 Å². The van der Waals surface area contributed by atoms with Crippen molar-refractivity contribution in [3.05, 3.63) is 0 Å². The predicted molar refractivity (Wildman–Crippen MR) is 368 cm³/mol. The van der Waals surface area contributed by atoms with Gasteiger partial charge in [0, 0.05) is 25.7 Å². The van der Waals surface area contributed by atoms with Gasteiger partial charge in [0.1, 0.15) is 19.3 Å². The fourth-order valence-corrected chi connectivity index (χ4v) is 12.5. The monoisotopic (exact) mass is 1340 g/mol. The van der Waals surface area contributed by atoms with E-state index < -0.39 is 97.5 Å². The zero-order chi connectivity index (χ0) is 67.2. The van der Waals surface area contributed by atoms with E-state index in [0.29, 0.717) is 31.6 Å². The van der Waals surface area contributed by atoms with E-state index in [2.05, 4.69) is 41.5 Å². The molecule has 0 radical (unpaired) electrons. The Morgan fingerprint density at radius 3 is 0.747 bits per heavy atom. The lowest BCUT2D eigenvalue weighted by Gasteiger charge is -2.21. The van der Waals surface area contributed by atoms with Crippen LogP contribution in [0.15, 0.2) is 0 Å². The molecule has 91 heavy (non-hydrogen) atoms. The van der Waals surface area contributed by atoms with Gasteiger partial charge >= 0.3 is 39.5 Å². The first-order valence-electron chi connectivity index (χ1n) is 37.5. The normalized spacial score (nSPS) is 14.1. The van der Waals surface area contributed by atoms with Crippen LogP contribution in [0.1, 0.15) is 369 Å². The van der Waals surface area contributed by atoms with Gasteiger partial charge in [-0.05, 0) is 37.5 Å². The van der Waals surface area contributed by atoms with E-state index in [-0.39, 0.29) is 25.7 Å². The second-order valence-electron chi connectivity index (χ2n) is 26.9. The largest absolute Gasteiger partial charge is 0.472 e. The molecule has 0 rings (SSSR count). The number of phosphoric ester groups is 2. The van der Waals surface area contributed by atoms with Crippen LogP contribution in [-0.4, -0.2) is 96.7 Å². The number of aliphatic hydroxyl groups excluding tert-OH is 1. The molecule has 0 fully saturated rings. The average Bonchev–Trinajstić information content (AvgIpc) is 2.87. The fraction of sp³-hybridized carbons (Fsp3) is 0.944. The third-order valence-corrected chi connectivity index (χ3v) is 18.6. The molecule has 2 unspecified atom stereocenters. The summed E-state index contributed by atoms with van der Waals surface area (Å²) in [5.41, 5.74) is 0. The standard InChI is InChI=1S/C72H140O17P2/c1-7-9-11-13-15-17-18-19-20-21-22-23-24-25-26-27-28-29-30-38-44-50-56-71(76)88-67(61-83-70(75)55-49-43-37-32-31-34-40-46-52-64(3)4)62-86-90(78,79)84-58-66(73)59-85-91(80,81)87-63-68(60-82-69(74)54-48-42-36-16-14-12-10-8-2)89-72(77)57-51-45-39-33-35-41-47-53-65(5)6/h64-68,73H,7-63H2,1-6H3,(H,78,79)(H,80,81)/t66-,67-,68-/m1/s1. The van der Waals surface area contributed by atoms with Crippen LogP contribution in [0, 0.1) is 11.8 Å². The number of hydrogen-bond donors (Lipinski definition) is 3. The molecule has 0 saturated heterocycles. The summed E-state index contributed by atoms with van der Waals surface area (Å²) in [7, 11) is -9.90. The summed E-state index contributed by atoms with van der Waals surface area (Å²) < 4.78 is 68.2. The van der Waals surface area contributed by atoms with Crippen molar-refractivity contribution in [2.45, 2.75) is 387 Å². The fourth-order valence-electron chi connectivity index (χ4n) is 10.9. The lowest BCUT2D eigenvalue weighted by Crippen LogP contribution is -2.30. The van der Waals surface area contributed by atoms with E-state index >= 15 is 0 Å². The highest BCUT2D eigenvalue weighted by atomic mass is 31.2. The van der Waals surface area contributed by atoms with E-state index in [9.17, 15) is 43.2 Å². The number of rotatable bonds is 71. The maximum atomic E-state index is 13.0. The highest BCUT2D eigenvalue weighted by Gasteiger charge is 2.30. The highest BCUT2D eigenvalue weighted by molar-refractivity contribution is 7.47. The van der Waals surface area contributed by atoms with Crippen molar-refractivity contribution in [3.63, 3.8) is 0 Å². The van der Waals surface area contributed by atoms with Gasteiger partial charge in [0.15, 0.2) is 12.2 Å². The molecular formula is C72H140O17P2. The van der Waals surface area contributed by atoms with Crippen molar-refractivity contribution in [1.29, 1.82) is 0 Å².